The first-order valence-electron chi connectivity index (χ1n) is 5.97. The standard InChI is InChI=1S/C15H15ClFNO/c1-9-8-11(16)6-7-14(9)19-15-12(10(2)18)4-3-5-13(15)17/h3-8,10H,18H2,1-2H3/t10-/m0/s1. The van der Waals surface area contributed by atoms with E-state index in [2.05, 4.69) is 0 Å². The maximum atomic E-state index is 13.9. The Morgan fingerprint density at radius 3 is 2.63 bits per heavy atom. The quantitative estimate of drug-likeness (QED) is 0.891. The molecule has 2 aromatic rings. The molecule has 4 heteroatoms. The smallest absolute Gasteiger partial charge is 0.167 e. The van der Waals surface area contributed by atoms with Crippen LogP contribution in [-0.4, -0.2) is 0 Å². The molecule has 0 amide bonds. The summed E-state index contributed by atoms with van der Waals surface area (Å²) < 4.78 is 19.6. The number of hydrogen-bond donors (Lipinski definition) is 1. The molecular weight excluding hydrogens is 265 g/mol. The maximum Gasteiger partial charge on any atom is 0.167 e. The summed E-state index contributed by atoms with van der Waals surface area (Å²) in [6.07, 6.45) is 0. The summed E-state index contributed by atoms with van der Waals surface area (Å²) in [5, 5.41) is 0.616. The Balaban J connectivity index is 2.43. The van der Waals surface area contributed by atoms with E-state index in [1.807, 2.05) is 6.92 Å². The van der Waals surface area contributed by atoms with Crippen LogP contribution in [0.4, 0.5) is 4.39 Å². The molecule has 0 unspecified atom stereocenters. The van der Waals surface area contributed by atoms with E-state index in [1.54, 1.807) is 37.3 Å². The van der Waals surface area contributed by atoms with Crippen molar-refractivity contribution in [3.8, 4) is 11.5 Å². The molecule has 2 aromatic carbocycles. The summed E-state index contributed by atoms with van der Waals surface area (Å²) >= 11 is 5.88. The van der Waals surface area contributed by atoms with Crippen LogP contribution in [0.2, 0.25) is 5.02 Å². The minimum Gasteiger partial charge on any atom is -0.454 e. The van der Waals surface area contributed by atoms with E-state index in [0.717, 1.165) is 5.56 Å². The van der Waals surface area contributed by atoms with Gasteiger partial charge < -0.3 is 10.5 Å². The Morgan fingerprint density at radius 2 is 2.00 bits per heavy atom. The molecule has 0 spiro atoms. The van der Waals surface area contributed by atoms with Crippen molar-refractivity contribution >= 4 is 11.6 Å². The molecule has 2 nitrogen and oxygen atoms in total. The molecule has 2 rings (SSSR count). The van der Waals surface area contributed by atoms with E-state index >= 15 is 0 Å². The number of ether oxygens (including phenoxy) is 1. The summed E-state index contributed by atoms with van der Waals surface area (Å²) in [5.74, 6) is 0.309. The second kappa shape index (κ2) is 5.59. The molecular formula is C15H15ClFNO. The van der Waals surface area contributed by atoms with Crippen LogP contribution in [0, 0.1) is 12.7 Å². The van der Waals surface area contributed by atoms with Gasteiger partial charge >= 0.3 is 0 Å². The molecule has 0 aliphatic carbocycles. The number of aryl methyl sites for hydroxylation is 1. The fourth-order valence-corrected chi connectivity index (χ4v) is 2.06. The largest absolute Gasteiger partial charge is 0.454 e. The first-order chi connectivity index (χ1) is 8.99. The number of para-hydroxylation sites is 1. The van der Waals surface area contributed by atoms with Gasteiger partial charge in [-0.25, -0.2) is 4.39 Å². The number of halogens is 2. The summed E-state index contributed by atoms with van der Waals surface area (Å²) in [6.45, 7) is 3.64. The molecule has 0 bridgehead atoms. The summed E-state index contributed by atoms with van der Waals surface area (Å²) in [4.78, 5) is 0. The van der Waals surface area contributed by atoms with Gasteiger partial charge in [0.2, 0.25) is 0 Å². The third-order valence-electron chi connectivity index (χ3n) is 2.84. The zero-order valence-electron chi connectivity index (χ0n) is 10.8. The van der Waals surface area contributed by atoms with Crippen LogP contribution in [-0.2, 0) is 0 Å². The van der Waals surface area contributed by atoms with Gasteiger partial charge in [-0.2, -0.15) is 0 Å². The second-order valence-corrected chi connectivity index (χ2v) is 4.90. The van der Waals surface area contributed by atoms with Gasteiger partial charge in [0.15, 0.2) is 11.6 Å². The van der Waals surface area contributed by atoms with E-state index in [9.17, 15) is 4.39 Å². The van der Waals surface area contributed by atoms with Gasteiger partial charge in [0, 0.05) is 16.6 Å². The van der Waals surface area contributed by atoms with Crippen molar-refractivity contribution in [3.05, 3.63) is 58.4 Å². The van der Waals surface area contributed by atoms with Crippen molar-refractivity contribution in [1.82, 2.24) is 0 Å². The lowest BCUT2D eigenvalue weighted by molar-refractivity contribution is 0.430. The molecule has 0 saturated carbocycles. The fraction of sp³-hybridized carbons (Fsp3) is 0.200. The van der Waals surface area contributed by atoms with E-state index in [0.29, 0.717) is 16.3 Å². The highest BCUT2D eigenvalue weighted by molar-refractivity contribution is 6.30. The molecule has 0 aliphatic heterocycles. The van der Waals surface area contributed by atoms with Crippen LogP contribution in [0.25, 0.3) is 0 Å². The molecule has 100 valence electrons. The molecule has 0 fully saturated rings. The Bertz CT molecular complexity index is 599. The molecule has 0 aliphatic rings. The third kappa shape index (κ3) is 3.06. The minimum atomic E-state index is -0.427. The number of hydrogen-bond acceptors (Lipinski definition) is 2. The highest BCUT2D eigenvalue weighted by Crippen LogP contribution is 2.33. The molecule has 0 aromatic heterocycles. The summed E-state index contributed by atoms with van der Waals surface area (Å²) in [6, 6.07) is 9.61. The molecule has 2 N–H and O–H groups in total. The number of rotatable bonds is 3. The number of benzene rings is 2. The highest BCUT2D eigenvalue weighted by atomic mass is 35.5. The Kier molecular flexibility index (Phi) is 4.08. The Hall–Kier alpha value is -1.58. The average Bonchev–Trinajstić information content (AvgIpc) is 2.34. The molecule has 1 atom stereocenters. The van der Waals surface area contributed by atoms with Gasteiger partial charge in [0.25, 0.3) is 0 Å². The fourth-order valence-electron chi connectivity index (χ4n) is 1.83. The van der Waals surface area contributed by atoms with E-state index in [-0.39, 0.29) is 11.8 Å². The maximum absolute atomic E-state index is 13.9. The van der Waals surface area contributed by atoms with Gasteiger partial charge in [-0.1, -0.05) is 23.7 Å². The lowest BCUT2D eigenvalue weighted by Gasteiger charge is -2.15. The van der Waals surface area contributed by atoms with Gasteiger partial charge in [-0.3, -0.25) is 0 Å². The van der Waals surface area contributed by atoms with Crippen LogP contribution in [0.1, 0.15) is 24.1 Å². The topological polar surface area (TPSA) is 35.2 Å². The van der Waals surface area contributed by atoms with Gasteiger partial charge in [0.1, 0.15) is 5.75 Å². The first-order valence-corrected chi connectivity index (χ1v) is 6.35. The van der Waals surface area contributed by atoms with Crippen molar-refractivity contribution in [1.29, 1.82) is 0 Å². The van der Waals surface area contributed by atoms with E-state index in [4.69, 9.17) is 22.1 Å². The second-order valence-electron chi connectivity index (χ2n) is 4.46. The zero-order valence-corrected chi connectivity index (χ0v) is 11.5. The predicted molar refractivity (Wildman–Crippen MR) is 75.3 cm³/mol. The molecule has 0 heterocycles. The summed E-state index contributed by atoms with van der Waals surface area (Å²) in [7, 11) is 0. The Labute approximate surface area is 117 Å². The van der Waals surface area contributed by atoms with Crippen molar-refractivity contribution in [2.45, 2.75) is 19.9 Å². The highest BCUT2D eigenvalue weighted by Gasteiger charge is 2.14. The molecule has 0 radical (unpaired) electrons. The Morgan fingerprint density at radius 1 is 1.26 bits per heavy atom. The summed E-state index contributed by atoms with van der Waals surface area (Å²) in [5.41, 5.74) is 7.30. The third-order valence-corrected chi connectivity index (χ3v) is 3.07. The molecule has 0 saturated heterocycles. The molecule has 19 heavy (non-hydrogen) atoms. The van der Waals surface area contributed by atoms with Gasteiger partial charge in [-0.15, -0.1) is 0 Å². The average molecular weight is 280 g/mol. The zero-order chi connectivity index (χ0) is 14.0. The number of nitrogens with two attached hydrogens (primary N) is 1. The monoisotopic (exact) mass is 279 g/mol. The van der Waals surface area contributed by atoms with E-state index < -0.39 is 5.82 Å². The minimum absolute atomic E-state index is 0.169. The van der Waals surface area contributed by atoms with Gasteiger partial charge in [-0.05, 0) is 43.7 Å². The van der Waals surface area contributed by atoms with Crippen molar-refractivity contribution in [2.75, 3.05) is 0 Å². The van der Waals surface area contributed by atoms with E-state index in [1.165, 1.54) is 6.07 Å². The lowest BCUT2D eigenvalue weighted by Crippen LogP contribution is -2.07. The van der Waals surface area contributed by atoms with Crippen LogP contribution in [0.5, 0.6) is 11.5 Å². The van der Waals surface area contributed by atoms with Crippen molar-refractivity contribution in [2.24, 2.45) is 5.73 Å². The van der Waals surface area contributed by atoms with Crippen LogP contribution >= 0.6 is 11.6 Å². The van der Waals surface area contributed by atoms with Crippen molar-refractivity contribution in [3.63, 3.8) is 0 Å². The predicted octanol–water partition coefficient (Wildman–Crippen LogP) is 4.60. The lowest BCUT2D eigenvalue weighted by atomic mass is 10.1. The first kappa shape index (κ1) is 13.8. The SMILES string of the molecule is Cc1cc(Cl)ccc1Oc1c(F)cccc1[C@H](C)N. The van der Waals surface area contributed by atoms with Crippen molar-refractivity contribution < 1.29 is 9.13 Å². The van der Waals surface area contributed by atoms with Crippen LogP contribution < -0.4 is 10.5 Å². The van der Waals surface area contributed by atoms with Gasteiger partial charge in [0.05, 0.1) is 0 Å². The van der Waals surface area contributed by atoms with Crippen LogP contribution in [0.15, 0.2) is 36.4 Å². The normalized spacial score (nSPS) is 12.3. The van der Waals surface area contributed by atoms with Crippen LogP contribution in [0.3, 0.4) is 0 Å².